The first-order valence-corrected chi connectivity index (χ1v) is 10.9. The summed E-state index contributed by atoms with van der Waals surface area (Å²) in [6.45, 7) is 2.05. The Bertz CT molecular complexity index is 1100. The Kier molecular flexibility index (Phi) is 6.99. The SMILES string of the molecule is O=C(C=Cc1ccc(CN(CCc2c[nH]c3ccccc23)C(=O)[C@H]2CCCN2)cc1)NO. The van der Waals surface area contributed by atoms with Crippen molar-refractivity contribution < 1.29 is 14.8 Å². The molecule has 1 aliphatic rings. The van der Waals surface area contributed by atoms with E-state index >= 15 is 0 Å². The number of hydroxylamine groups is 1. The van der Waals surface area contributed by atoms with Crippen LogP contribution in [0.15, 0.2) is 60.8 Å². The normalized spacial score (nSPS) is 16.0. The summed E-state index contributed by atoms with van der Waals surface area (Å²) < 4.78 is 0. The number of carbonyl (C=O) groups excluding carboxylic acids is 2. The molecule has 1 saturated heterocycles. The van der Waals surface area contributed by atoms with E-state index in [2.05, 4.69) is 22.4 Å². The van der Waals surface area contributed by atoms with Crippen molar-refractivity contribution in [3.8, 4) is 0 Å². The highest BCUT2D eigenvalue weighted by atomic mass is 16.5. The number of hydrogen-bond acceptors (Lipinski definition) is 4. The molecule has 0 aliphatic carbocycles. The largest absolute Gasteiger partial charge is 0.361 e. The van der Waals surface area contributed by atoms with Crippen molar-refractivity contribution in [3.63, 3.8) is 0 Å². The Morgan fingerprint density at radius 3 is 2.72 bits per heavy atom. The van der Waals surface area contributed by atoms with E-state index in [1.54, 1.807) is 11.6 Å². The predicted molar refractivity (Wildman–Crippen MR) is 124 cm³/mol. The van der Waals surface area contributed by atoms with E-state index in [-0.39, 0.29) is 11.9 Å². The minimum atomic E-state index is -0.577. The fourth-order valence-electron chi connectivity index (χ4n) is 4.14. The smallest absolute Gasteiger partial charge is 0.267 e. The first-order chi connectivity index (χ1) is 15.6. The molecule has 1 fully saturated rings. The average molecular weight is 433 g/mol. The third kappa shape index (κ3) is 5.25. The second-order valence-corrected chi connectivity index (χ2v) is 8.07. The Morgan fingerprint density at radius 1 is 1.16 bits per heavy atom. The fourth-order valence-corrected chi connectivity index (χ4v) is 4.14. The van der Waals surface area contributed by atoms with Crippen LogP contribution in [0.1, 0.15) is 29.5 Å². The highest BCUT2D eigenvalue weighted by molar-refractivity contribution is 5.90. The number of rotatable bonds is 8. The van der Waals surface area contributed by atoms with Gasteiger partial charge in [0.2, 0.25) is 5.91 Å². The molecule has 2 heterocycles. The maximum absolute atomic E-state index is 13.2. The Morgan fingerprint density at radius 2 is 1.97 bits per heavy atom. The van der Waals surface area contributed by atoms with E-state index in [9.17, 15) is 9.59 Å². The second-order valence-electron chi connectivity index (χ2n) is 8.07. The maximum atomic E-state index is 13.2. The molecule has 7 heteroatoms. The molecule has 32 heavy (non-hydrogen) atoms. The van der Waals surface area contributed by atoms with Crippen LogP contribution in [0.3, 0.4) is 0 Å². The lowest BCUT2D eigenvalue weighted by Crippen LogP contribution is -2.44. The van der Waals surface area contributed by atoms with Gasteiger partial charge in [-0.3, -0.25) is 14.8 Å². The zero-order valence-corrected chi connectivity index (χ0v) is 17.9. The summed E-state index contributed by atoms with van der Waals surface area (Å²) in [5, 5.41) is 13.1. The van der Waals surface area contributed by atoms with Crippen LogP contribution in [0, 0.1) is 0 Å². The van der Waals surface area contributed by atoms with Gasteiger partial charge in [-0.1, -0.05) is 42.5 Å². The summed E-state index contributed by atoms with van der Waals surface area (Å²) in [4.78, 5) is 29.6. The highest BCUT2D eigenvalue weighted by Crippen LogP contribution is 2.20. The first kappa shape index (κ1) is 21.8. The number of benzene rings is 2. The molecule has 7 nitrogen and oxygen atoms in total. The molecular formula is C25H28N4O3. The van der Waals surface area contributed by atoms with E-state index in [1.165, 1.54) is 17.0 Å². The van der Waals surface area contributed by atoms with Gasteiger partial charge in [-0.2, -0.15) is 0 Å². The van der Waals surface area contributed by atoms with E-state index in [4.69, 9.17) is 5.21 Å². The average Bonchev–Trinajstić information content (AvgIpc) is 3.51. The standard InChI is InChI=1S/C25H28N4O3/c30-24(28-32)12-11-18-7-9-19(10-8-18)17-29(25(31)23-6-3-14-26-23)15-13-20-16-27-22-5-2-1-4-21(20)22/h1-2,4-5,7-12,16,23,26-27,32H,3,6,13-15,17H2,(H,28,30)/t23-/m1/s1. The molecule has 3 aromatic rings. The number of nitrogens with zero attached hydrogens (tertiary/aromatic N) is 1. The number of carbonyl (C=O) groups is 2. The quantitative estimate of drug-likeness (QED) is 0.250. The number of amides is 2. The summed E-state index contributed by atoms with van der Waals surface area (Å²) in [6.07, 6.45) is 7.59. The van der Waals surface area contributed by atoms with Crippen molar-refractivity contribution in [2.75, 3.05) is 13.1 Å². The van der Waals surface area contributed by atoms with E-state index in [0.717, 1.165) is 42.5 Å². The van der Waals surface area contributed by atoms with Gasteiger partial charge in [0.15, 0.2) is 0 Å². The van der Waals surface area contributed by atoms with E-state index in [1.807, 2.05) is 47.5 Å². The molecular weight excluding hydrogens is 404 g/mol. The minimum absolute atomic E-state index is 0.114. The minimum Gasteiger partial charge on any atom is -0.361 e. The Labute approximate surface area is 187 Å². The number of para-hydroxylation sites is 1. The third-order valence-electron chi connectivity index (χ3n) is 5.89. The molecule has 2 amide bonds. The molecule has 0 spiro atoms. The summed E-state index contributed by atoms with van der Waals surface area (Å²) in [6, 6.07) is 15.8. The molecule has 4 rings (SSSR count). The molecule has 0 unspecified atom stereocenters. The van der Waals surface area contributed by atoms with Gasteiger partial charge in [0.05, 0.1) is 6.04 Å². The van der Waals surface area contributed by atoms with Gasteiger partial charge in [0, 0.05) is 36.3 Å². The lowest BCUT2D eigenvalue weighted by molar-refractivity contribution is -0.133. The van der Waals surface area contributed by atoms with Crippen molar-refractivity contribution in [3.05, 3.63) is 77.5 Å². The predicted octanol–water partition coefficient (Wildman–Crippen LogP) is 3.01. The maximum Gasteiger partial charge on any atom is 0.267 e. The van der Waals surface area contributed by atoms with Gasteiger partial charge in [-0.15, -0.1) is 0 Å². The van der Waals surface area contributed by atoms with Crippen LogP contribution in [0.4, 0.5) is 0 Å². The van der Waals surface area contributed by atoms with Crippen LogP contribution < -0.4 is 10.8 Å². The van der Waals surface area contributed by atoms with Crippen molar-refractivity contribution in [2.24, 2.45) is 0 Å². The topological polar surface area (TPSA) is 97.5 Å². The van der Waals surface area contributed by atoms with Crippen LogP contribution in [0.25, 0.3) is 17.0 Å². The van der Waals surface area contributed by atoms with Gasteiger partial charge in [0.1, 0.15) is 0 Å². The molecule has 0 radical (unpaired) electrons. The molecule has 0 saturated carbocycles. The monoisotopic (exact) mass is 432 g/mol. The molecule has 2 aromatic carbocycles. The van der Waals surface area contributed by atoms with Crippen molar-refractivity contribution in [1.29, 1.82) is 0 Å². The summed E-state index contributed by atoms with van der Waals surface area (Å²) in [5.41, 5.74) is 5.75. The number of H-pyrrole nitrogens is 1. The number of aromatic amines is 1. The Balaban J connectivity index is 1.47. The summed E-state index contributed by atoms with van der Waals surface area (Å²) in [7, 11) is 0. The molecule has 1 atom stereocenters. The van der Waals surface area contributed by atoms with Crippen LogP contribution in [-0.4, -0.2) is 46.0 Å². The van der Waals surface area contributed by atoms with Crippen LogP contribution >= 0.6 is 0 Å². The van der Waals surface area contributed by atoms with E-state index < -0.39 is 5.91 Å². The van der Waals surface area contributed by atoms with Crippen LogP contribution in [0.5, 0.6) is 0 Å². The third-order valence-corrected chi connectivity index (χ3v) is 5.89. The summed E-state index contributed by atoms with van der Waals surface area (Å²) in [5.74, 6) is -0.432. The lowest BCUT2D eigenvalue weighted by atomic mass is 10.1. The first-order valence-electron chi connectivity index (χ1n) is 10.9. The zero-order valence-electron chi connectivity index (χ0n) is 17.9. The van der Waals surface area contributed by atoms with Gasteiger partial charge in [-0.25, -0.2) is 5.48 Å². The zero-order chi connectivity index (χ0) is 22.3. The summed E-state index contributed by atoms with van der Waals surface area (Å²) >= 11 is 0. The fraction of sp³-hybridized carbons (Fsp3) is 0.280. The molecule has 0 bridgehead atoms. The number of nitrogens with one attached hydrogen (secondary N) is 3. The van der Waals surface area contributed by atoms with Gasteiger partial charge < -0.3 is 15.2 Å². The van der Waals surface area contributed by atoms with Gasteiger partial charge in [-0.05, 0) is 54.6 Å². The van der Waals surface area contributed by atoms with Crippen LogP contribution in [-0.2, 0) is 22.6 Å². The second kappa shape index (κ2) is 10.3. The van der Waals surface area contributed by atoms with Gasteiger partial charge >= 0.3 is 0 Å². The number of aromatic nitrogens is 1. The van der Waals surface area contributed by atoms with E-state index in [0.29, 0.717) is 13.1 Å². The number of hydrogen-bond donors (Lipinski definition) is 4. The van der Waals surface area contributed by atoms with Gasteiger partial charge in [0.25, 0.3) is 5.91 Å². The molecule has 4 N–H and O–H groups in total. The van der Waals surface area contributed by atoms with Crippen molar-refractivity contribution >= 4 is 28.8 Å². The van der Waals surface area contributed by atoms with Crippen molar-refractivity contribution in [2.45, 2.75) is 31.8 Å². The Hall–Kier alpha value is -3.42. The van der Waals surface area contributed by atoms with Crippen molar-refractivity contribution in [1.82, 2.24) is 20.7 Å². The molecule has 1 aromatic heterocycles. The molecule has 166 valence electrons. The lowest BCUT2D eigenvalue weighted by Gasteiger charge is -2.26. The molecule has 1 aliphatic heterocycles. The highest BCUT2D eigenvalue weighted by Gasteiger charge is 2.27. The number of fused-ring (bicyclic) bond motifs is 1. The van der Waals surface area contributed by atoms with Crippen LogP contribution in [0.2, 0.25) is 0 Å².